The summed E-state index contributed by atoms with van der Waals surface area (Å²) in [6, 6.07) is 4.49. The standard InChI is InChI=1S/C18H22N4O6S/c1-12-19-17(20-28-12)7-10-26-13-5-8-22(9-6-13)29(24,25)14-3-4-15-16(11-14)27-18(23)21(15)2/h3-4,11,13H,5-10H2,1-2H3. The number of nitrogens with zero attached hydrogens (tertiary/aromatic N) is 4. The predicted molar refractivity (Wildman–Crippen MR) is 102 cm³/mol. The first-order valence-electron chi connectivity index (χ1n) is 9.35. The summed E-state index contributed by atoms with van der Waals surface area (Å²) in [4.78, 5) is 15.9. The average Bonchev–Trinajstić information content (AvgIpc) is 3.24. The molecule has 1 aliphatic heterocycles. The molecule has 3 aromatic rings. The molecule has 0 radical (unpaired) electrons. The highest BCUT2D eigenvalue weighted by Gasteiger charge is 2.30. The van der Waals surface area contributed by atoms with Gasteiger partial charge in [0.05, 0.1) is 23.1 Å². The van der Waals surface area contributed by atoms with Gasteiger partial charge in [-0.3, -0.25) is 4.57 Å². The molecule has 1 aliphatic rings. The number of benzene rings is 1. The maximum atomic E-state index is 13.0. The number of sulfonamides is 1. The van der Waals surface area contributed by atoms with E-state index in [0.717, 1.165) is 0 Å². The third kappa shape index (κ3) is 3.98. The van der Waals surface area contributed by atoms with Gasteiger partial charge in [-0.15, -0.1) is 0 Å². The van der Waals surface area contributed by atoms with E-state index in [0.29, 0.717) is 56.2 Å². The van der Waals surface area contributed by atoms with Crippen LogP contribution in [0.4, 0.5) is 0 Å². The van der Waals surface area contributed by atoms with Gasteiger partial charge in [-0.1, -0.05) is 5.16 Å². The summed E-state index contributed by atoms with van der Waals surface area (Å²) < 4.78 is 44.6. The Balaban J connectivity index is 1.36. The molecule has 0 saturated carbocycles. The second kappa shape index (κ2) is 7.73. The van der Waals surface area contributed by atoms with Gasteiger partial charge >= 0.3 is 5.76 Å². The number of hydrogen-bond acceptors (Lipinski definition) is 8. The lowest BCUT2D eigenvalue weighted by molar-refractivity contribution is 0.0222. The van der Waals surface area contributed by atoms with E-state index in [9.17, 15) is 13.2 Å². The van der Waals surface area contributed by atoms with E-state index in [1.807, 2.05) is 0 Å². The third-order valence-electron chi connectivity index (χ3n) is 5.05. The normalized spacial score (nSPS) is 16.6. The van der Waals surface area contributed by atoms with Crippen LogP contribution in [0.2, 0.25) is 0 Å². The molecular weight excluding hydrogens is 400 g/mol. The largest absolute Gasteiger partial charge is 0.419 e. The highest BCUT2D eigenvalue weighted by molar-refractivity contribution is 7.89. The van der Waals surface area contributed by atoms with Crippen LogP contribution in [-0.2, 0) is 28.2 Å². The lowest BCUT2D eigenvalue weighted by Gasteiger charge is -2.31. The topological polar surface area (TPSA) is 121 Å². The predicted octanol–water partition coefficient (Wildman–Crippen LogP) is 1.24. The number of fused-ring (bicyclic) bond motifs is 1. The van der Waals surface area contributed by atoms with Crippen LogP contribution in [0.3, 0.4) is 0 Å². The first kappa shape index (κ1) is 19.8. The van der Waals surface area contributed by atoms with E-state index in [4.69, 9.17) is 13.7 Å². The maximum Gasteiger partial charge on any atom is 0.419 e. The number of oxazole rings is 1. The van der Waals surface area contributed by atoms with Gasteiger partial charge in [-0.25, -0.2) is 13.2 Å². The van der Waals surface area contributed by atoms with Crippen molar-refractivity contribution in [1.82, 2.24) is 19.0 Å². The van der Waals surface area contributed by atoms with Crippen molar-refractivity contribution in [3.8, 4) is 0 Å². The van der Waals surface area contributed by atoms with Gasteiger partial charge in [0.25, 0.3) is 0 Å². The number of piperidine rings is 1. The van der Waals surface area contributed by atoms with Gasteiger partial charge in [-0.2, -0.15) is 9.29 Å². The zero-order valence-corrected chi connectivity index (χ0v) is 17.0. The van der Waals surface area contributed by atoms with E-state index in [1.54, 1.807) is 20.0 Å². The van der Waals surface area contributed by atoms with Gasteiger partial charge < -0.3 is 13.7 Å². The maximum absolute atomic E-state index is 13.0. The van der Waals surface area contributed by atoms with Crippen molar-refractivity contribution in [3.05, 3.63) is 40.5 Å². The van der Waals surface area contributed by atoms with E-state index in [-0.39, 0.29) is 16.6 Å². The molecule has 1 fully saturated rings. The molecule has 0 bridgehead atoms. The van der Waals surface area contributed by atoms with Crippen molar-refractivity contribution in [3.63, 3.8) is 0 Å². The Hall–Kier alpha value is -2.50. The molecule has 0 unspecified atom stereocenters. The van der Waals surface area contributed by atoms with E-state index in [1.165, 1.54) is 21.0 Å². The SMILES string of the molecule is Cc1nc(CCOC2CCN(S(=O)(=O)c3ccc4c(c3)oc(=O)n4C)CC2)no1. The molecule has 0 spiro atoms. The van der Waals surface area contributed by atoms with Crippen LogP contribution in [0.15, 0.2) is 36.8 Å². The molecule has 1 aromatic carbocycles. The summed E-state index contributed by atoms with van der Waals surface area (Å²) in [7, 11) is -2.09. The zero-order valence-electron chi connectivity index (χ0n) is 16.2. The van der Waals surface area contributed by atoms with Gasteiger partial charge in [0.15, 0.2) is 11.4 Å². The molecule has 0 atom stereocenters. The molecule has 3 heterocycles. The van der Waals surface area contributed by atoms with Crippen LogP contribution in [-0.4, -0.2) is 53.2 Å². The molecule has 0 N–H and O–H groups in total. The minimum Gasteiger partial charge on any atom is -0.408 e. The quantitative estimate of drug-likeness (QED) is 0.582. The van der Waals surface area contributed by atoms with Gasteiger partial charge in [0.1, 0.15) is 0 Å². The monoisotopic (exact) mass is 422 g/mol. The van der Waals surface area contributed by atoms with Gasteiger partial charge in [0.2, 0.25) is 15.9 Å². The fourth-order valence-corrected chi connectivity index (χ4v) is 4.91. The van der Waals surface area contributed by atoms with Crippen LogP contribution in [0.25, 0.3) is 11.1 Å². The van der Waals surface area contributed by atoms with Crippen molar-refractivity contribution in [1.29, 1.82) is 0 Å². The van der Waals surface area contributed by atoms with E-state index in [2.05, 4.69) is 10.1 Å². The minimum atomic E-state index is -3.67. The Morgan fingerprint density at radius 2 is 2.03 bits per heavy atom. The molecule has 2 aromatic heterocycles. The fourth-order valence-electron chi connectivity index (χ4n) is 3.42. The van der Waals surface area contributed by atoms with Gasteiger partial charge in [0, 0.05) is 39.5 Å². The smallest absolute Gasteiger partial charge is 0.408 e. The summed E-state index contributed by atoms with van der Waals surface area (Å²) in [5.41, 5.74) is 0.811. The van der Waals surface area contributed by atoms with Crippen LogP contribution >= 0.6 is 0 Å². The Morgan fingerprint density at radius 1 is 1.28 bits per heavy atom. The lowest BCUT2D eigenvalue weighted by atomic mass is 10.1. The second-order valence-corrected chi connectivity index (χ2v) is 8.95. The van der Waals surface area contributed by atoms with Crippen molar-refractivity contribution in [2.75, 3.05) is 19.7 Å². The van der Waals surface area contributed by atoms with Crippen LogP contribution in [0, 0.1) is 6.92 Å². The van der Waals surface area contributed by atoms with E-state index < -0.39 is 15.8 Å². The van der Waals surface area contributed by atoms with Crippen molar-refractivity contribution < 1.29 is 22.1 Å². The molecule has 10 nitrogen and oxygen atoms in total. The molecule has 1 saturated heterocycles. The Morgan fingerprint density at radius 3 is 2.72 bits per heavy atom. The minimum absolute atomic E-state index is 0.0101. The summed E-state index contributed by atoms with van der Waals surface area (Å²) in [6.45, 7) is 2.92. The number of aryl methyl sites for hydroxylation is 2. The summed E-state index contributed by atoms with van der Waals surface area (Å²) in [5, 5.41) is 3.82. The summed E-state index contributed by atoms with van der Waals surface area (Å²) >= 11 is 0. The number of hydrogen-bond donors (Lipinski definition) is 0. The molecule has 0 aliphatic carbocycles. The highest BCUT2D eigenvalue weighted by atomic mass is 32.2. The first-order valence-corrected chi connectivity index (χ1v) is 10.8. The molecule has 4 rings (SSSR count). The Bertz CT molecular complexity index is 1170. The summed E-state index contributed by atoms with van der Waals surface area (Å²) in [5.74, 6) is 0.598. The van der Waals surface area contributed by atoms with Crippen LogP contribution < -0.4 is 5.76 Å². The number of ether oxygens (including phenoxy) is 1. The average molecular weight is 422 g/mol. The first-order chi connectivity index (χ1) is 13.8. The number of aromatic nitrogens is 3. The third-order valence-corrected chi connectivity index (χ3v) is 6.95. The van der Waals surface area contributed by atoms with Crippen LogP contribution in [0.5, 0.6) is 0 Å². The van der Waals surface area contributed by atoms with Crippen molar-refractivity contribution in [2.45, 2.75) is 37.2 Å². The molecule has 0 amide bonds. The molecular formula is C18H22N4O6S. The number of rotatable bonds is 6. The van der Waals surface area contributed by atoms with Crippen molar-refractivity contribution in [2.24, 2.45) is 7.05 Å². The second-order valence-electron chi connectivity index (χ2n) is 7.01. The molecule has 156 valence electrons. The zero-order chi connectivity index (χ0) is 20.6. The van der Waals surface area contributed by atoms with Gasteiger partial charge in [-0.05, 0) is 25.0 Å². The highest BCUT2D eigenvalue weighted by Crippen LogP contribution is 2.25. The Labute approximate surface area is 167 Å². The van der Waals surface area contributed by atoms with Crippen LogP contribution in [0.1, 0.15) is 24.6 Å². The molecule has 29 heavy (non-hydrogen) atoms. The fraction of sp³-hybridized carbons (Fsp3) is 0.500. The summed E-state index contributed by atoms with van der Waals surface area (Å²) in [6.07, 6.45) is 1.75. The lowest BCUT2D eigenvalue weighted by Crippen LogP contribution is -2.41. The molecule has 11 heteroatoms. The van der Waals surface area contributed by atoms with E-state index >= 15 is 0 Å². The van der Waals surface area contributed by atoms with Crippen molar-refractivity contribution >= 4 is 21.1 Å². The Kier molecular flexibility index (Phi) is 5.28.